The van der Waals surface area contributed by atoms with Crippen LogP contribution in [0.3, 0.4) is 0 Å². The average molecular weight is 510 g/mol. The van der Waals surface area contributed by atoms with E-state index in [0.29, 0.717) is 52.8 Å². The zero-order valence-electron chi connectivity index (χ0n) is 20.7. The molecule has 0 unspecified atom stereocenters. The fourth-order valence-electron chi connectivity index (χ4n) is 4.84. The second-order valence-electron chi connectivity index (χ2n) is 10.0. The Morgan fingerprint density at radius 2 is 1.76 bits per heavy atom. The van der Waals surface area contributed by atoms with Crippen LogP contribution >= 0.6 is 0 Å². The van der Waals surface area contributed by atoms with Crippen molar-refractivity contribution in [1.29, 1.82) is 0 Å². The monoisotopic (exact) mass is 509 g/mol. The molecule has 1 aliphatic carbocycles. The summed E-state index contributed by atoms with van der Waals surface area (Å²) < 4.78 is 47.6. The summed E-state index contributed by atoms with van der Waals surface area (Å²) in [6, 6.07) is 2.82. The molecule has 2 aliphatic rings. The highest BCUT2D eigenvalue weighted by Gasteiger charge is 2.34. The van der Waals surface area contributed by atoms with Gasteiger partial charge in [-0.15, -0.1) is 0 Å². The lowest BCUT2D eigenvalue weighted by atomic mass is 9.89. The molecule has 4 aromatic rings. The van der Waals surface area contributed by atoms with Crippen LogP contribution in [0.25, 0.3) is 22.4 Å². The number of ether oxygens (including phenoxy) is 1. The smallest absolute Gasteiger partial charge is 0.370 e. The SMILES string of the molecule is Cc1nc2nc([C@H]3C[C@H](C)O[C@@H](c4cnn(C5CC5)c4)C3)nc(-c3ccc(C(F)(F)F)nc3)c2nc1C. The molecule has 37 heavy (non-hydrogen) atoms. The second-order valence-corrected chi connectivity index (χ2v) is 10.0. The van der Waals surface area contributed by atoms with Crippen molar-refractivity contribution in [1.82, 2.24) is 34.7 Å². The highest BCUT2D eigenvalue weighted by atomic mass is 19.4. The van der Waals surface area contributed by atoms with Crippen molar-refractivity contribution >= 4 is 11.2 Å². The van der Waals surface area contributed by atoms with Gasteiger partial charge in [0.05, 0.1) is 35.8 Å². The minimum Gasteiger partial charge on any atom is -0.370 e. The molecule has 4 aromatic heterocycles. The number of alkyl halides is 3. The molecular formula is C26H26F3N7O. The minimum absolute atomic E-state index is 0.0330. The number of hydrogen-bond acceptors (Lipinski definition) is 7. The maximum Gasteiger partial charge on any atom is 0.433 e. The molecule has 11 heteroatoms. The Balaban J connectivity index is 1.40. The molecule has 0 amide bonds. The van der Waals surface area contributed by atoms with Gasteiger partial charge in [0, 0.05) is 29.4 Å². The Kier molecular flexibility index (Phi) is 5.70. The summed E-state index contributed by atoms with van der Waals surface area (Å²) in [7, 11) is 0. The van der Waals surface area contributed by atoms with Crippen molar-refractivity contribution in [3.63, 3.8) is 0 Å². The summed E-state index contributed by atoms with van der Waals surface area (Å²) >= 11 is 0. The molecule has 3 atom stereocenters. The Bertz CT molecular complexity index is 1460. The number of fused-ring (bicyclic) bond motifs is 1. The largest absolute Gasteiger partial charge is 0.433 e. The summed E-state index contributed by atoms with van der Waals surface area (Å²) in [5.74, 6) is 0.543. The predicted octanol–water partition coefficient (Wildman–Crippen LogP) is 5.67. The average Bonchev–Trinajstić information content (AvgIpc) is 3.59. The van der Waals surface area contributed by atoms with Crippen LogP contribution in [0.2, 0.25) is 0 Å². The first kappa shape index (κ1) is 23.9. The molecule has 1 saturated heterocycles. The summed E-state index contributed by atoms with van der Waals surface area (Å²) in [4.78, 5) is 22.6. The lowest BCUT2D eigenvalue weighted by molar-refractivity contribution is -0.141. The number of aryl methyl sites for hydroxylation is 2. The highest BCUT2D eigenvalue weighted by molar-refractivity contribution is 5.86. The van der Waals surface area contributed by atoms with Gasteiger partial charge in [0.25, 0.3) is 0 Å². The molecule has 2 fully saturated rings. The summed E-state index contributed by atoms with van der Waals surface area (Å²) in [5.41, 5.74) is 3.23. The maximum absolute atomic E-state index is 13.1. The number of aromatic nitrogens is 7. The van der Waals surface area contributed by atoms with Gasteiger partial charge < -0.3 is 4.74 Å². The van der Waals surface area contributed by atoms with Crippen LogP contribution in [0.1, 0.15) is 79.1 Å². The van der Waals surface area contributed by atoms with E-state index in [4.69, 9.17) is 14.7 Å². The number of pyridine rings is 1. The maximum atomic E-state index is 13.1. The van der Waals surface area contributed by atoms with E-state index in [2.05, 4.69) is 26.2 Å². The Hall–Kier alpha value is -3.47. The molecule has 5 heterocycles. The molecule has 0 N–H and O–H groups in total. The topological polar surface area (TPSA) is 91.5 Å². The van der Waals surface area contributed by atoms with Crippen LogP contribution < -0.4 is 0 Å². The van der Waals surface area contributed by atoms with Crippen LogP contribution in [-0.2, 0) is 10.9 Å². The van der Waals surface area contributed by atoms with E-state index in [1.807, 2.05) is 31.6 Å². The van der Waals surface area contributed by atoms with E-state index in [1.54, 1.807) is 0 Å². The predicted molar refractivity (Wildman–Crippen MR) is 129 cm³/mol. The molecule has 6 rings (SSSR count). The zero-order chi connectivity index (χ0) is 25.9. The van der Waals surface area contributed by atoms with Crippen molar-refractivity contribution in [3.8, 4) is 11.3 Å². The molecule has 0 spiro atoms. The van der Waals surface area contributed by atoms with Gasteiger partial charge in [-0.25, -0.2) is 19.9 Å². The van der Waals surface area contributed by atoms with Crippen LogP contribution in [-0.4, -0.2) is 40.8 Å². The second kappa shape index (κ2) is 8.83. The third-order valence-corrected chi connectivity index (χ3v) is 7.08. The first-order valence-corrected chi connectivity index (χ1v) is 12.4. The third kappa shape index (κ3) is 4.68. The Labute approximate surface area is 211 Å². The van der Waals surface area contributed by atoms with E-state index in [9.17, 15) is 13.2 Å². The number of nitrogens with zero attached hydrogens (tertiary/aromatic N) is 7. The molecule has 8 nitrogen and oxygen atoms in total. The van der Waals surface area contributed by atoms with E-state index < -0.39 is 11.9 Å². The normalized spacial score (nSPS) is 22.5. The number of halogens is 3. The quantitative estimate of drug-likeness (QED) is 0.350. The van der Waals surface area contributed by atoms with E-state index in [0.717, 1.165) is 30.2 Å². The first-order valence-electron chi connectivity index (χ1n) is 12.4. The molecular weight excluding hydrogens is 483 g/mol. The van der Waals surface area contributed by atoms with Gasteiger partial charge in [-0.1, -0.05) is 0 Å². The van der Waals surface area contributed by atoms with Gasteiger partial charge in [0.1, 0.15) is 22.7 Å². The lowest BCUT2D eigenvalue weighted by Gasteiger charge is -2.33. The standard InChI is InChI=1S/C26H26F3N7O/c1-13-8-17(9-20(37-13)18-11-31-36(12-18)19-5-6-19)24-34-22(16-4-7-21(30-10-16)26(27,28)29)23-25(35-24)33-15(3)14(2)32-23/h4,7,10-13,17,19-20H,5-6,8-9H2,1-3H3/t13-,17-,20+/m0/s1. The van der Waals surface area contributed by atoms with Crippen molar-refractivity contribution < 1.29 is 17.9 Å². The molecule has 192 valence electrons. The first-order chi connectivity index (χ1) is 17.7. The molecule has 0 bridgehead atoms. The van der Waals surface area contributed by atoms with Crippen molar-refractivity contribution in [3.05, 3.63) is 59.2 Å². The van der Waals surface area contributed by atoms with Gasteiger partial charge in [-0.3, -0.25) is 9.67 Å². The van der Waals surface area contributed by atoms with Gasteiger partial charge in [-0.2, -0.15) is 18.3 Å². The van der Waals surface area contributed by atoms with E-state index in [-0.39, 0.29) is 18.1 Å². The minimum atomic E-state index is -4.52. The van der Waals surface area contributed by atoms with Crippen LogP contribution in [0, 0.1) is 13.8 Å². The van der Waals surface area contributed by atoms with E-state index >= 15 is 0 Å². The lowest BCUT2D eigenvalue weighted by Crippen LogP contribution is -2.26. The number of rotatable bonds is 4. The van der Waals surface area contributed by atoms with Gasteiger partial charge >= 0.3 is 6.18 Å². The van der Waals surface area contributed by atoms with Crippen molar-refractivity contribution in [2.45, 2.75) is 76.8 Å². The Morgan fingerprint density at radius 3 is 2.46 bits per heavy atom. The summed E-state index contributed by atoms with van der Waals surface area (Å²) in [6.07, 6.45) is 4.09. The third-order valence-electron chi connectivity index (χ3n) is 7.08. The van der Waals surface area contributed by atoms with Crippen LogP contribution in [0.15, 0.2) is 30.7 Å². The van der Waals surface area contributed by atoms with E-state index in [1.165, 1.54) is 12.3 Å². The summed E-state index contributed by atoms with van der Waals surface area (Å²) in [5, 5.41) is 4.51. The fraction of sp³-hybridized carbons (Fsp3) is 0.462. The molecule has 0 aromatic carbocycles. The zero-order valence-corrected chi connectivity index (χ0v) is 20.7. The van der Waals surface area contributed by atoms with Gasteiger partial charge in [0.2, 0.25) is 0 Å². The Morgan fingerprint density at radius 1 is 0.973 bits per heavy atom. The van der Waals surface area contributed by atoms with Crippen molar-refractivity contribution in [2.75, 3.05) is 0 Å². The molecule has 1 aliphatic heterocycles. The van der Waals surface area contributed by atoms with Crippen LogP contribution in [0.4, 0.5) is 13.2 Å². The highest BCUT2D eigenvalue weighted by Crippen LogP contribution is 2.41. The van der Waals surface area contributed by atoms with Gasteiger partial charge in [-0.05, 0) is 58.6 Å². The number of hydrogen-bond donors (Lipinski definition) is 0. The summed E-state index contributed by atoms with van der Waals surface area (Å²) in [6.45, 7) is 5.71. The van der Waals surface area contributed by atoms with Crippen molar-refractivity contribution in [2.24, 2.45) is 0 Å². The van der Waals surface area contributed by atoms with Crippen LogP contribution in [0.5, 0.6) is 0 Å². The molecule has 0 radical (unpaired) electrons. The molecule has 1 saturated carbocycles. The fourth-order valence-corrected chi connectivity index (χ4v) is 4.84. The van der Waals surface area contributed by atoms with Gasteiger partial charge in [0.15, 0.2) is 5.65 Å².